The number of rotatable bonds is 5. The van der Waals surface area contributed by atoms with Gasteiger partial charge in [0.2, 0.25) is 5.91 Å². The lowest BCUT2D eigenvalue weighted by atomic mass is 10.2. The molecular formula is C15H14N2O3S3. The fraction of sp³-hybridized carbons (Fsp3) is 0.267. The van der Waals surface area contributed by atoms with Crippen LogP contribution in [0.1, 0.15) is 16.8 Å². The number of hydrogen-bond donors (Lipinski definition) is 1. The Hall–Kier alpha value is -1.64. The number of ether oxygens (including phenoxy) is 1. The molecule has 2 aromatic rings. The molecule has 23 heavy (non-hydrogen) atoms. The zero-order valence-electron chi connectivity index (χ0n) is 12.3. The molecule has 0 saturated carbocycles. The lowest BCUT2D eigenvalue weighted by Gasteiger charge is -2.00. The van der Waals surface area contributed by atoms with Crippen LogP contribution in [0.3, 0.4) is 0 Å². The zero-order chi connectivity index (χ0) is 16.2. The Morgan fingerprint density at radius 2 is 2.39 bits per heavy atom. The van der Waals surface area contributed by atoms with Gasteiger partial charge in [0, 0.05) is 11.0 Å². The number of esters is 1. The number of thiazole rings is 1. The third-order valence-corrected chi connectivity index (χ3v) is 5.77. The first-order valence-corrected chi connectivity index (χ1v) is 9.67. The molecule has 2 aromatic heterocycles. The second kappa shape index (κ2) is 7.29. The largest absolute Gasteiger partial charge is 0.466 e. The number of aromatic nitrogens is 1. The normalized spacial score (nSPS) is 15.9. The molecule has 1 aliphatic rings. The van der Waals surface area contributed by atoms with Crippen LogP contribution in [0.15, 0.2) is 22.5 Å². The number of hydrogen-bond acceptors (Lipinski definition) is 7. The predicted molar refractivity (Wildman–Crippen MR) is 94.3 cm³/mol. The molecule has 3 rings (SSSR count). The van der Waals surface area contributed by atoms with Gasteiger partial charge in [0.25, 0.3) is 0 Å². The lowest BCUT2D eigenvalue weighted by Crippen LogP contribution is -2.13. The fourth-order valence-electron chi connectivity index (χ4n) is 2.04. The Morgan fingerprint density at radius 1 is 1.52 bits per heavy atom. The molecule has 0 spiro atoms. The number of amides is 1. The van der Waals surface area contributed by atoms with Gasteiger partial charge in [-0.05, 0) is 18.4 Å². The van der Waals surface area contributed by atoms with Crippen LogP contribution >= 0.6 is 34.4 Å². The van der Waals surface area contributed by atoms with Crippen LogP contribution < -0.4 is 5.32 Å². The molecule has 120 valence electrons. The molecule has 3 heterocycles. The Morgan fingerprint density at radius 3 is 3.04 bits per heavy atom. The maximum atomic E-state index is 11.8. The average molecular weight is 366 g/mol. The molecule has 1 amide bonds. The summed E-state index contributed by atoms with van der Waals surface area (Å²) < 4.78 is 5.04. The van der Waals surface area contributed by atoms with Crippen molar-refractivity contribution in [1.29, 1.82) is 0 Å². The Labute approximate surface area is 145 Å². The minimum atomic E-state index is -0.253. The minimum absolute atomic E-state index is 0.00281. The molecule has 0 unspecified atom stereocenters. The minimum Gasteiger partial charge on any atom is -0.466 e. The van der Waals surface area contributed by atoms with Gasteiger partial charge in [0.05, 0.1) is 34.4 Å². The topological polar surface area (TPSA) is 68.3 Å². The number of carbonyl (C=O) groups is 2. The maximum Gasteiger partial charge on any atom is 0.311 e. The second-order valence-corrected chi connectivity index (χ2v) is 7.71. The summed E-state index contributed by atoms with van der Waals surface area (Å²) in [5.74, 6) is 0.185. The van der Waals surface area contributed by atoms with E-state index in [1.165, 1.54) is 23.1 Å². The van der Waals surface area contributed by atoms with Crippen molar-refractivity contribution in [2.45, 2.75) is 13.3 Å². The number of thioether (sulfide) groups is 1. The van der Waals surface area contributed by atoms with Crippen LogP contribution in [-0.4, -0.2) is 29.2 Å². The highest BCUT2D eigenvalue weighted by Crippen LogP contribution is 2.34. The summed E-state index contributed by atoms with van der Waals surface area (Å²) in [5.41, 5.74) is 0.819. The summed E-state index contributed by atoms with van der Waals surface area (Å²) in [6, 6.07) is 3.94. The van der Waals surface area contributed by atoms with E-state index in [-0.39, 0.29) is 18.3 Å². The van der Waals surface area contributed by atoms with Crippen LogP contribution in [-0.2, 0) is 20.7 Å². The standard InChI is InChI=1S/C15H14N2O3S3/c1-2-20-14(19)6-10-15(9-4-3-5-21-9)17-13(23-10)7-12-16-11(18)8-22-12/h3-5,7H,2,6,8H2,1H3,(H,16,18)/b12-7+. The van der Waals surface area contributed by atoms with Crippen LogP contribution in [0.25, 0.3) is 16.6 Å². The Bertz CT molecular complexity index is 750. The quantitative estimate of drug-likeness (QED) is 0.824. The van der Waals surface area contributed by atoms with Gasteiger partial charge in [-0.3, -0.25) is 9.59 Å². The van der Waals surface area contributed by atoms with Crippen molar-refractivity contribution in [3.63, 3.8) is 0 Å². The van der Waals surface area contributed by atoms with Crippen LogP contribution in [0.4, 0.5) is 0 Å². The molecule has 1 N–H and O–H groups in total. The zero-order valence-corrected chi connectivity index (χ0v) is 14.8. The molecular weight excluding hydrogens is 352 g/mol. The van der Waals surface area contributed by atoms with E-state index in [9.17, 15) is 9.59 Å². The van der Waals surface area contributed by atoms with Gasteiger partial charge in [0.1, 0.15) is 5.01 Å². The molecule has 0 aromatic carbocycles. The Kier molecular flexibility index (Phi) is 5.14. The summed E-state index contributed by atoms with van der Waals surface area (Å²) in [6.07, 6.45) is 2.06. The molecule has 0 radical (unpaired) electrons. The van der Waals surface area contributed by atoms with Gasteiger partial charge in [0.15, 0.2) is 0 Å². The summed E-state index contributed by atoms with van der Waals surface area (Å²) in [4.78, 5) is 29.6. The van der Waals surface area contributed by atoms with Gasteiger partial charge >= 0.3 is 5.97 Å². The highest BCUT2D eigenvalue weighted by Gasteiger charge is 2.19. The first-order chi connectivity index (χ1) is 11.2. The van der Waals surface area contributed by atoms with E-state index in [2.05, 4.69) is 10.3 Å². The van der Waals surface area contributed by atoms with E-state index < -0.39 is 0 Å². The highest BCUT2D eigenvalue weighted by atomic mass is 32.2. The van der Waals surface area contributed by atoms with Gasteiger partial charge in [-0.2, -0.15) is 0 Å². The lowest BCUT2D eigenvalue weighted by molar-refractivity contribution is -0.142. The molecule has 0 atom stereocenters. The number of nitrogens with zero attached hydrogens (tertiary/aromatic N) is 1. The first-order valence-electron chi connectivity index (χ1n) is 6.99. The predicted octanol–water partition coefficient (Wildman–Crippen LogP) is 3.14. The SMILES string of the molecule is CCOC(=O)Cc1sc(/C=C2\NC(=O)CS2)nc1-c1cccs1. The molecule has 8 heteroatoms. The van der Waals surface area contributed by atoms with E-state index in [0.717, 1.165) is 25.5 Å². The van der Waals surface area contributed by atoms with Crippen molar-refractivity contribution in [3.05, 3.63) is 32.4 Å². The molecule has 0 aliphatic carbocycles. The van der Waals surface area contributed by atoms with Gasteiger partial charge in [-0.1, -0.05) is 17.8 Å². The van der Waals surface area contributed by atoms with E-state index in [1.807, 2.05) is 23.6 Å². The number of nitrogens with one attached hydrogen (secondary N) is 1. The second-order valence-electron chi connectivity index (χ2n) is 4.63. The first kappa shape index (κ1) is 16.2. The monoisotopic (exact) mass is 366 g/mol. The summed E-state index contributed by atoms with van der Waals surface area (Å²) in [5, 5.41) is 6.34. The number of thiophene rings is 1. The molecule has 1 saturated heterocycles. The van der Waals surface area contributed by atoms with E-state index >= 15 is 0 Å². The van der Waals surface area contributed by atoms with Crippen LogP contribution in [0.5, 0.6) is 0 Å². The number of carbonyl (C=O) groups excluding carboxylic acids is 2. The van der Waals surface area contributed by atoms with Crippen molar-refractivity contribution in [2.75, 3.05) is 12.4 Å². The molecule has 1 fully saturated rings. The smallest absolute Gasteiger partial charge is 0.311 e. The fourth-order valence-corrected chi connectivity index (χ4v) is 4.67. The van der Waals surface area contributed by atoms with Gasteiger partial charge in [-0.15, -0.1) is 22.7 Å². The third-order valence-electron chi connectivity index (χ3n) is 2.95. The Balaban J connectivity index is 1.90. The molecule has 5 nitrogen and oxygen atoms in total. The summed E-state index contributed by atoms with van der Waals surface area (Å²) in [7, 11) is 0. The molecule has 0 bridgehead atoms. The summed E-state index contributed by atoms with van der Waals surface area (Å²) in [6.45, 7) is 2.16. The average Bonchev–Trinajstić information content (AvgIpc) is 3.21. The molecule has 1 aliphatic heterocycles. The van der Waals surface area contributed by atoms with Gasteiger partial charge < -0.3 is 10.1 Å². The van der Waals surface area contributed by atoms with Crippen molar-refractivity contribution in [2.24, 2.45) is 0 Å². The van der Waals surface area contributed by atoms with E-state index in [0.29, 0.717) is 12.4 Å². The van der Waals surface area contributed by atoms with Gasteiger partial charge in [-0.25, -0.2) is 4.98 Å². The van der Waals surface area contributed by atoms with Crippen molar-refractivity contribution in [1.82, 2.24) is 10.3 Å². The third kappa shape index (κ3) is 4.01. The van der Waals surface area contributed by atoms with Crippen molar-refractivity contribution >= 4 is 52.4 Å². The summed E-state index contributed by atoms with van der Waals surface area (Å²) >= 11 is 4.50. The van der Waals surface area contributed by atoms with Crippen LogP contribution in [0, 0.1) is 0 Å². The van der Waals surface area contributed by atoms with Crippen LogP contribution in [0.2, 0.25) is 0 Å². The maximum absolute atomic E-state index is 11.8. The van der Waals surface area contributed by atoms with Crippen molar-refractivity contribution < 1.29 is 14.3 Å². The van der Waals surface area contributed by atoms with E-state index in [1.54, 1.807) is 18.3 Å². The van der Waals surface area contributed by atoms with E-state index in [4.69, 9.17) is 4.74 Å². The van der Waals surface area contributed by atoms with Crippen molar-refractivity contribution in [3.8, 4) is 10.6 Å². The highest BCUT2D eigenvalue weighted by molar-refractivity contribution is 8.04.